The van der Waals surface area contributed by atoms with E-state index in [4.69, 9.17) is 14.4 Å². The monoisotopic (exact) mass is 574 g/mol. The summed E-state index contributed by atoms with van der Waals surface area (Å²) in [6, 6.07) is 54.8. The molecule has 0 unspecified atom stereocenters. The average Bonchev–Trinajstić information content (AvgIpc) is 3.51. The summed E-state index contributed by atoms with van der Waals surface area (Å²) in [4.78, 5) is 10.4. The van der Waals surface area contributed by atoms with Crippen molar-refractivity contribution < 1.29 is 4.42 Å². The number of rotatable bonds is 4. The molecule has 0 N–H and O–H groups in total. The second-order valence-corrected chi connectivity index (χ2v) is 11.3. The molecule has 0 spiro atoms. The number of hydrogen-bond donors (Lipinski definition) is 0. The van der Waals surface area contributed by atoms with Crippen molar-refractivity contribution in [2.45, 2.75) is 0 Å². The fourth-order valence-electron chi connectivity index (χ4n) is 6.50. The lowest BCUT2D eigenvalue weighted by Crippen LogP contribution is -1.96. The number of hydrogen-bond acceptors (Lipinski definition) is 3. The number of benzene rings is 7. The van der Waals surface area contributed by atoms with Crippen LogP contribution in [0.3, 0.4) is 0 Å². The van der Waals surface area contributed by atoms with Crippen LogP contribution in [0.1, 0.15) is 0 Å². The molecule has 0 saturated carbocycles. The van der Waals surface area contributed by atoms with E-state index >= 15 is 0 Å². The Bertz CT molecular complexity index is 2510. The maximum Gasteiger partial charge on any atom is 0.143 e. The maximum atomic E-state index is 6.81. The topological polar surface area (TPSA) is 38.9 Å². The molecule has 0 amide bonds. The molecule has 0 atom stereocenters. The van der Waals surface area contributed by atoms with E-state index in [2.05, 4.69) is 121 Å². The minimum atomic E-state index is 0.861. The van der Waals surface area contributed by atoms with E-state index in [1.54, 1.807) is 0 Å². The largest absolute Gasteiger partial charge is 0.455 e. The minimum absolute atomic E-state index is 0.861. The zero-order valence-electron chi connectivity index (χ0n) is 24.3. The quantitative estimate of drug-likeness (QED) is 0.210. The highest BCUT2D eigenvalue weighted by atomic mass is 16.3. The first-order chi connectivity index (χ1) is 22.3. The molecule has 45 heavy (non-hydrogen) atoms. The molecule has 2 aromatic heterocycles. The molecule has 9 rings (SSSR count). The molecule has 3 nitrogen and oxygen atoms in total. The molecule has 0 bridgehead atoms. The van der Waals surface area contributed by atoms with Crippen molar-refractivity contribution in [3.63, 3.8) is 0 Å². The van der Waals surface area contributed by atoms with E-state index in [9.17, 15) is 0 Å². The molecule has 0 saturated heterocycles. The van der Waals surface area contributed by atoms with Gasteiger partial charge in [0.05, 0.1) is 22.4 Å². The first kappa shape index (κ1) is 25.4. The zero-order chi connectivity index (χ0) is 29.7. The van der Waals surface area contributed by atoms with Crippen molar-refractivity contribution in [3.05, 3.63) is 158 Å². The van der Waals surface area contributed by atoms with Crippen LogP contribution < -0.4 is 0 Å². The van der Waals surface area contributed by atoms with Gasteiger partial charge in [0.15, 0.2) is 0 Å². The summed E-state index contributed by atoms with van der Waals surface area (Å²) in [5, 5.41) is 4.28. The fourth-order valence-corrected chi connectivity index (χ4v) is 6.50. The van der Waals surface area contributed by atoms with E-state index < -0.39 is 0 Å². The number of furan rings is 1. The molecule has 210 valence electrons. The van der Waals surface area contributed by atoms with Gasteiger partial charge in [0, 0.05) is 32.8 Å². The predicted octanol–water partition coefficient (Wildman–Crippen LogP) is 11.4. The highest BCUT2D eigenvalue weighted by Crippen LogP contribution is 2.44. The van der Waals surface area contributed by atoms with Crippen molar-refractivity contribution >= 4 is 43.7 Å². The molecule has 0 fully saturated rings. The van der Waals surface area contributed by atoms with Gasteiger partial charge < -0.3 is 4.42 Å². The molecule has 9 aromatic rings. The Morgan fingerprint density at radius 2 is 0.867 bits per heavy atom. The normalized spacial score (nSPS) is 11.6. The van der Waals surface area contributed by atoms with Gasteiger partial charge in [-0.15, -0.1) is 0 Å². The Balaban J connectivity index is 1.30. The van der Waals surface area contributed by atoms with Crippen molar-refractivity contribution in [1.29, 1.82) is 0 Å². The maximum absolute atomic E-state index is 6.81. The second-order valence-electron chi connectivity index (χ2n) is 11.3. The van der Waals surface area contributed by atoms with Crippen LogP contribution in [0.5, 0.6) is 0 Å². The first-order valence-corrected chi connectivity index (χ1v) is 15.2. The summed E-state index contributed by atoms with van der Waals surface area (Å²) in [6.45, 7) is 0. The van der Waals surface area contributed by atoms with Crippen LogP contribution in [0.4, 0.5) is 0 Å². The van der Waals surface area contributed by atoms with Crippen LogP contribution in [0.25, 0.3) is 88.5 Å². The number of nitrogens with zero attached hydrogens (tertiary/aromatic N) is 2. The third kappa shape index (κ3) is 4.21. The fraction of sp³-hybridized carbons (Fsp3) is 0. The Morgan fingerprint density at radius 1 is 0.333 bits per heavy atom. The number of aromatic nitrogens is 2. The van der Waals surface area contributed by atoms with E-state index in [-0.39, 0.29) is 0 Å². The summed E-state index contributed by atoms with van der Waals surface area (Å²) in [5.41, 5.74) is 11.9. The summed E-state index contributed by atoms with van der Waals surface area (Å²) < 4.78 is 6.81. The van der Waals surface area contributed by atoms with E-state index in [0.29, 0.717) is 0 Å². The lowest BCUT2D eigenvalue weighted by molar-refractivity contribution is 0.674. The van der Waals surface area contributed by atoms with Gasteiger partial charge in [-0.05, 0) is 40.3 Å². The molecule has 0 aliphatic carbocycles. The number of para-hydroxylation sites is 3. The summed E-state index contributed by atoms with van der Waals surface area (Å²) in [6.07, 6.45) is 0. The third-order valence-corrected chi connectivity index (χ3v) is 8.68. The first-order valence-electron chi connectivity index (χ1n) is 15.2. The molecule has 0 radical (unpaired) electrons. The molecule has 0 aliphatic rings. The Morgan fingerprint density at radius 3 is 1.60 bits per heavy atom. The van der Waals surface area contributed by atoms with Gasteiger partial charge in [-0.25, -0.2) is 9.97 Å². The zero-order valence-corrected chi connectivity index (χ0v) is 24.3. The lowest BCUT2D eigenvalue weighted by atomic mass is 9.94. The molecule has 7 aromatic carbocycles. The summed E-state index contributed by atoms with van der Waals surface area (Å²) >= 11 is 0. The van der Waals surface area contributed by atoms with Crippen LogP contribution in [-0.4, -0.2) is 9.97 Å². The van der Waals surface area contributed by atoms with Crippen LogP contribution in [0.15, 0.2) is 162 Å². The van der Waals surface area contributed by atoms with Crippen LogP contribution >= 0.6 is 0 Å². The Hall–Kier alpha value is -6.06. The SMILES string of the molecule is c1ccc(-c2ccc(-c3cccc4c3oc3c5ccccc5c(-c5nc6ccccc6nc5-c5ccccc5)cc43)cc2)cc1. The number of fused-ring (bicyclic) bond motifs is 6. The molecule has 3 heteroatoms. The highest BCUT2D eigenvalue weighted by molar-refractivity contribution is 6.21. The summed E-state index contributed by atoms with van der Waals surface area (Å²) in [5.74, 6) is 0. The molecule has 0 aliphatic heterocycles. The Kier molecular flexibility index (Phi) is 5.82. The molecule has 2 heterocycles. The minimum Gasteiger partial charge on any atom is -0.455 e. The van der Waals surface area contributed by atoms with Gasteiger partial charge in [-0.3, -0.25) is 0 Å². The van der Waals surface area contributed by atoms with Gasteiger partial charge in [0.25, 0.3) is 0 Å². The van der Waals surface area contributed by atoms with Crippen molar-refractivity contribution in [2.75, 3.05) is 0 Å². The van der Waals surface area contributed by atoms with Crippen LogP contribution in [0, 0.1) is 0 Å². The van der Waals surface area contributed by atoms with Crippen LogP contribution in [0.2, 0.25) is 0 Å². The van der Waals surface area contributed by atoms with E-state index in [0.717, 1.165) is 77.4 Å². The second kappa shape index (κ2) is 10.3. The van der Waals surface area contributed by atoms with Gasteiger partial charge in [-0.1, -0.05) is 140 Å². The van der Waals surface area contributed by atoms with Gasteiger partial charge in [0.2, 0.25) is 0 Å². The van der Waals surface area contributed by atoms with Gasteiger partial charge in [0.1, 0.15) is 11.2 Å². The Labute approximate surface area is 260 Å². The van der Waals surface area contributed by atoms with E-state index in [1.165, 1.54) is 11.1 Å². The average molecular weight is 575 g/mol. The standard InChI is InChI=1S/C42H26N2O/c1-3-12-27(13-4-1)28-22-24-29(25-23-28)31-18-11-19-34-36-26-35(32-16-7-8-17-33(32)42(36)45-41(31)34)40-39(30-14-5-2-6-15-30)43-37-20-9-10-21-38(37)44-40/h1-26H. The third-order valence-electron chi connectivity index (χ3n) is 8.68. The van der Waals surface area contributed by atoms with E-state index in [1.807, 2.05) is 36.4 Å². The molecular weight excluding hydrogens is 548 g/mol. The lowest BCUT2D eigenvalue weighted by Gasteiger charge is -2.13. The predicted molar refractivity (Wildman–Crippen MR) is 186 cm³/mol. The van der Waals surface area contributed by atoms with Gasteiger partial charge in [-0.2, -0.15) is 0 Å². The smallest absolute Gasteiger partial charge is 0.143 e. The van der Waals surface area contributed by atoms with Crippen molar-refractivity contribution in [3.8, 4) is 44.8 Å². The van der Waals surface area contributed by atoms with Crippen LogP contribution in [-0.2, 0) is 0 Å². The van der Waals surface area contributed by atoms with Crippen molar-refractivity contribution in [1.82, 2.24) is 9.97 Å². The van der Waals surface area contributed by atoms with Gasteiger partial charge >= 0.3 is 0 Å². The molecular formula is C42H26N2O. The highest BCUT2D eigenvalue weighted by Gasteiger charge is 2.21. The summed E-state index contributed by atoms with van der Waals surface area (Å²) in [7, 11) is 0. The van der Waals surface area contributed by atoms with Crippen molar-refractivity contribution in [2.24, 2.45) is 0 Å².